The van der Waals surface area contributed by atoms with Crippen LogP contribution in [-0.4, -0.2) is 44.8 Å². The summed E-state index contributed by atoms with van der Waals surface area (Å²) in [7, 11) is 0. The molecule has 0 amide bonds. The van der Waals surface area contributed by atoms with Gasteiger partial charge in [-0.15, -0.1) is 5.10 Å². The Morgan fingerprint density at radius 3 is 2.94 bits per heavy atom. The predicted octanol–water partition coefficient (Wildman–Crippen LogP) is 3.19. The maximum atomic E-state index is 11.0. The van der Waals surface area contributed by atoms with Crippen LogP contribution in [0.3, 0.4) is 0 Å². The first-order valence-corrected chi connectivity index (χ1v) is 11.9. The largest absolute Gasteiger partial charge is 0.476 e. The lowest BCUT2D eigenvalue weighted by Gasteiger charge is -2.20. The first-order valence-electron chi connectivity index (χ1n) is 11.5. The minimum Gasteiger partial charge on any atom is -0.476 e. The van der Waals surface area contributed by atoms with E-state index in [2.05, 4.69) is 43.0 Å². The molecule has 1 saturated carbocycles. The predicted molar refractivity (Wildman–Crippen MR) is 127 cm³/mol. The zero-order chi connectivity index (χ0) is 23.8. The number of aromatic carboxylic acids is 1. The summed E-state index contributed by atoms with van der Waals surface area (Å²) in [5.41, 5.74) is 13.4. The molecule has 5 heterocycles. The molecule has 0 aromatic carbocycles. The summed E-state index contributed by atoms with van der Waals surface area (Å²) in [6.07, 6.45) is 10.1. The Kier molecular flexibility index (Phi) is 4.34. The molecule has 5 aromatic heterocycles. The Morgan fingerprint density at radius 1 is 1.23 bits per heavy atom. The van der Waals surface area contributed by atoms with Crippen molar-refractivity contribution in [3.8, 4) is 0 Å². The minimum absolute atomic E-state index is 0.0418. The minimum atomic E-state index is -1.10. The normalized spacial score (nSPS) is 21.1. The van der Waals surface area contributed by atoms with Crippen LogP contribution in [0.15, 0.2) is 43.1 Å². The number of rotatable bonds is 5. The third-order valence-corrected chi connectivity index (χ3v) is 7.52. The van der Waals surface area contributed by atoms with E-state index < -0.39 is 5.97 Å². The Hall–Kier alpha value is -3.76. The van der Waals surface area contributed by atoms with E-state index in [0.29, 0.717) is 18.4 Å². The highest BCUT2D eigenvalue weighted by Crippen LogP contribution is 2.55. The monoisotopic (exact) mass is 488 g/mol. The molecule has 0 bridgehead atoms. The number of fused-ring (bicyclic) bond motifs is 1. The Balaban J connectivity index is 1.17. The summed E-state index contributed by atoms with van der Waals surface area (Å²) in [4.78, 5) is 20.3. The topological polar surface area (TPSA) is 129 Å². The van der Waals surface area contributed by atoms with E-state index in [1.54, 1.807) is 0 Å². The van der Waals surface area contributed by atoms with Crippen LogP contribution in [0, 0.1) is 0 Å². The zero-order valence-electron chi connectivity index (χ0n) is 18.5. The average Bonchev–Trinajstić information content (AvgIpc) is 3.15. The fourth-order valence-corrected chi connectivity index (χ4v) is 5.67. The van der Waals surface area contributed by atoms with Crippen LogP contribution in [0.25, 0.3) is 11.2 Å². The standard InChI is InChI=1S/C24H21ClN8O2/c25-17-6-20(33-11-27-22-18(26)3-2-14(17)23(22)33)16-5-15(16)12-1-4-21-28-13(8-31(21)7-12)9-32-10-19(24(34)35)29-30-32/h1,4,6-8,10-11,15-16,18H,2-3,5,9,26H2,(H,34,35). The highest BCUT2D eigenvalue weighted by Gasteiger charge is 2.42. The summed E-state index contributed by atoms with van der Waals surface area (Å²) in [5.74, 6) is -0.368. The van der Waals surface area contributed by atoms with Crippen LogP contribution >= 0.6 is 11.6 Å². The average molecular weight is 489 g/mol. The number of nitrogens with two attached hydrogens (primary N) is 1. The highest BCUT2D eigenvalue weighted by molar-refractivity contribution is 6.32. The second-order valence-electron chi connectivity index (χ2n) is 9.40. The van der Waals surface area contributed by atoms with Crippen molar-refractivity contribution in [2.24, 2.45) is 5.73 Å². The van der Waals surface area contributed by atoms with Gasteiger partial charge in [0.1, 0.15) is 5.65 Å². The van der Waals surface area contributed by atoms with Crippen molar-refractivity contribution in [2.75, 3.05) is 0 Å². The maximum absolute atomic E-state index is 11.0. The first kappa shape index (κ1) is 20.6. The molecule has 176 valence electrons. The molecule has 3 unspecified atom stereocenters. The van der Waals surface area contributed by atoms with E-state index in [-0.39, 0.29) is 11.7 Å². The Labute approximate surface area is 204 Å². The number of carboxylic acids is 1. The van der Waals surface area contributed by atoms with Gasteiger partial charge in [-0.2, -0.15) is 0 Å². The van der Waals surface area contributed by atoms with Crippen LogP contribution in [0.2, 0.25) is 5.02 Å². The number of nitrogens with zero attached hydrogens (tertiary/aromatic N) is 7. The van der Waals surface area contributed by atoms with Crippen LogP contribution in [0.1, 0.15) is 69.4 Å². The number of aryl methyl sites for hydroxylation is 1. The van der Waals surface area contributed by atoms with Gasteiger partial charge in [0.2, 0.25) is 0 Å². The Morgan fingerprint density at radius 2 is 2.11 bits per heavy atom. The molecule has 3 atom stereocenters. The fourth-order valence-electron chi connectivity index (χ4n) is 5.38. The summed E-state index contributed by atoms with van der Waals surface area (Å²) in [6, 6.07) is 6.20. The first-order chi connectivity index (χ1) is 17.0. The van der Waals surface area contributed by atoms with Crippen LogP contribution in [-0.2, 0) is 13.0 Å². The van der Waals surface area contributed by atoms with Gasteiger partial charge in [0.05, 0.1) is 36.0 Å². The molecule has 0 radical (unpaired) electrons. The number of hydrogen-bond donors (Lipinski definition) is 2. The van der Waals surface area contributed by atoms with Crippen molar-refractivity contribution in [3.05, 3.63) is 82.0 Å². The number of hydrogen-bond acceptors (Lipinski definition) is 6. The number of pyridine rings is 2. The smallest absolute Gasteiger partial charge is 0.358 e. The summed E-state index contributed by atoms with van der Waals surface area (Å²) < 4.78 is 5.67. The van der Waals surface area contributed by atoms with E-state index in [4.69, 9.17) is 22.4 Å². The van der Waals surface area contributed by atoms with E-state index in [1.165, 1.54) is 22.1 Å². The number of aromatic nitrogens is 7. The van der Waals surface area contributed by atoms with Gasteiger partial charge in [0.15, 0.2) is 5.69 Å². The Bertz CT molecular complexity index is 1650. The van der Waals surface area contributed by atoms with E-state index in [9.17, 15) is 4.79 Å². The third kappa shape index (κ3) is 3.24. The van der Waals surface area contributed by atoms with Gasteiger partial charge < -0.3 is 19.6 Å². The molecule has 2 aliphatic carbocycles. The van der Waals surface area contributed by atoms with Crippen molar-refractivity contribution in [2.45, 2.75) is 43.7 Å². The molecule has 3 N–H and O–H groups in total. The second-order valence-corrected chi connectivity index (χ2v) is 9.81. The molecule has 1 fully saturated rings. The van der Waals surface area contributed by atoms with Gasteiger partial charge in [-0.1, -0.05) is 22.9 Å². The molecule has 10 nitrogen and oxygen atoms in total. The lowest BCUT2D eigenvalue weighted by Crippen LogP contribution is -2.17. The van der Waals surface area contributed by atoms with Gasteiger partial charge in [0, 0.05) is 35.1 Å². The number of imidazole rings is 2. The van der Waals surface area contributed by atoms with Crippen LogP contribution in [0.4, 0.5) is 0 Å². The SMILES string of the molecule is NC1CCc2c(Cl)cc(C3CC3c3ccc4nc(Cn5cc(C(=O)O)nn5)cn4c3)n3cnc1c23. The van der Waals surface area contributed by atoms with Gasteiger partial charge in [-0.3, -0.25) is 0 Å². The molecule has 0 saturated heterocycles. The van der Waals surface area contributed by atoms with Gasteiger partial charge in [0.25, 0.3) is 0 Å². The van der Waals surface area contributed by atoms with Crippen LogP contribution < -0.4 is 5.73 Å². The van der Waals surface area contributed by atoms with Crippen molar-refractivity contribution in [1.82, 2.24) is 33.8 Å². The molecule has 7 rings (SSSR count). The van der Waals surface area contributed by atoms with Gasteiger partial charge >= 0.3 is 5.97 Å². The molecule has 35 heavy (non-hydrogen) atoms. The summed E-state index contributed by atoms with van der Waals surface area (Å²) in [5, 5.41) is 17.4. The molecule has 5 aromatic rings. The molecule has 0 spiro atoms. The van der Waals surface area contributed by atoms with Gasteiger partial charge in [-0.25, -0.2) is 19.4 Å². The number of carboxylic acid groups (broad SMARTS) is 1. The summed E-state index contributed by atoms with van der Waals surface area (Å²) in [6.45, 7) is 0.345. The van der Waals surface area contributed by atoms with E-state index in [1.807, 2.05) is 23.0 Å². The van der Waals surface area contributed by atoms with Crippen molar-refractivity contribution >= 4 is 28.7 Å². The van der Waals surface area contributed by atoms with Crippen LogP contribution in [0.5, 0.6) is 0 Å². The van der Waals surface area contributed by atoms with E-state index >= 15 is 0 Å². The maximum Gasteiger partial charge on any atom is 0.358 e. The van der Waals surface area contributed by atoms with E-state index in [0.717, 1.165) is 52.4 Å². The van der Waals surface area contributed by atoms with Crippen molar-refractivity contribution in [1.29, 1.82) is 0 Å². The third-order valence-electron chi connectivity index (χ3n) is 7.18. The molecule has 2 aliphatic rings. The molecule has 0 aliphatic heterocycles. The number of halogens is 1. The zero-order valence-corrected chi connectivity index (χ0v) is 19.3. The van der Waals surface area contributed by atoms with Crippen molar-refractivity contribution in [3.63, 3.8) is 0 Å². The molecule has 11 heteroatoms. The number of carbonyl (C=O) groups is 1. The lowest BCUT2D eigenvalue weighted by molar-refractivity contribution is 0.0690. The lowest BCUT2D eigenvalue weighted by atomic mass is 9.94. The molecular weight excluding hydrogens is 468 g/mol. The quantitative estimate of drug-likeness (QED) is 0.388. The van der Waals surface area contributed by atoms with Crippen molar-refractivity contribution < 1.29 is 9.90 Å². The highest BCUT2D eigenvalue weighted by atomic mass is 35.5. The van der Waals surface area contributed by atoms with Gasteiger partial charge in [-0.05, 0) is 48.4 Å². The second kappa shape index (κ2) is 7.37. The molecular formula is C24H21ClN8O2. The fraction of sp³-hybridized carbons (Fsp3) is 0.292. The summed E-state index contributed by atoms with van der Waals surface area (Å²) >= 11 is 6.71.